The monoisotopic (exact) mass is 342 g/mol. The molecule has 1 aromatic rings. The Morgan fingerprint density at radius 3 is 3.05 bits per heavy atom. The van der Waals surface area contributed by atoms with Crippen LogP contribution < -0.4 is 10.2 Å². The third-order valence-corrected chi connectivity index (χ3v) is 4.18. The molecule has 0 spiro atoms. The minimum Gasteiger partial charge on any atom is -0.383 e. The second kappa shape index (κ2) is 7.98. The van der Waals surface area contributed by atoms with Crippen molar-refractivity contribution in [2.45, 2.75) is 19.6 Å². The highest BCUT2D eigenvalue weighted by Crippen LogP contribution is 2.25. The third kappa shape index (κ3) is 4.45. The van der Waals surface area contributed by atoms with Crippen molar-refractivity contribution in [3.8, 4) is 0 Å². The van der Waals surface area contributed by atoms with Gasteiger partial charge in [0.05, 0.1) is 19.3 Å². The average Bonchev–Trinajstić information content (AvgIpc) is 2.45. The number of anilines is 1. The molecule has 1 aromatic carbocycles. The van der Waals surface area contributed by atoms with Crippen molar-refractivity contribution in [1.29, 1.82) is 0 Å². The van der Waals surface area contributed by atoms with E-state index in [0.29, 0.717) is 6.10 Å². The molecule has 20 heavy (non-hydrogen) atoms. The summed E-state index contributed by atoms with van der Waals surface area (Å²) in [4.78, 5) is 2.38. The van der Waals surface area contributed by atoms with Crippen molar-refractivity contribution in [2.75, 3.05) is 44.9 Å². The highest BCUT2D eigenvalue weighted by atomic mass is 79.9. The lowest BCUT2D eigenvalue weighted by Crippen LogP contribution is -2.41. The Bertz CT molecular complexity index is 428. The van der Waals surface area contributed by atoms with Crippen LogP contribution in [0.2, 0.25) is 0 Å². The van der Waals surface area contributed by atoms with Gasteiger partial charge >= 0.3 is 0 Å². The summed E-state index contributed by atoms with van der Waals surface area (Å²) >= 11 is 3.67. The van der Waals surface area contributed by atoms with Gasteiger partial charge in [-0.25, -0.2) is 0 Å². The summed E-state index contributed by atoms with van der Waals surface area (Å²) in [6.45, 7) is 7.30. The number of hydrogen-bond donors (Lipinski definition) is 1. The van der Waals surface area contributed by atoms with Gasteiger partial charge in [0, 0.05) is 43.4 Å². The fourth-order valence-electron chi connectivity index (χ4n) is 2.33. The molecule has 0 radical (unpaired) electrons. The van der Waals surface area contributed by atoms with E-state index in [1.165, 1.54) is 11.3 Å². The van der Waals surface area contributed by atoms with Crippen LogP contribution in [0.4, 0.5) is 5.69 Å². The van der Waals surface area contributed by atoms with Gasteiger partial charge in [0.2, 0.25) is 0 Å². The minimum atomic E-state index is 0.304. The Morgan fingerprint density at radius 2 is 2.35 bits per heavy atom. The summed E-state index contributed by atoms with van der Waals surface area (Å²) in [6.07, 6.45) is 0.304. The zero-order chi connectivity index (χ0) is 14.4. The molecule has 5 heteroatoms. The fraction of sp³-hybridized carbons (Fsp3) is 0.600. The van der Waals surface area contributed by atoms with Crippen molar-refractivity contribution in [3.63, 3.8) is 0 Å². The maximum absolute atomic E-state index is 5.58. The van der Waals surface area contributed by atoms with Gasteiger partial charge < -0.3 is 19.7 Å². The standard InChI is InChI=1S/C15H23BrN2O2/c1-12-11-18(6-8-20-12)14-4-3-13(15(16)9-14)10-17-5-7-19-2/h3-4,9,12,17H,5-8,10-11H2,1-2H3. The minimum absolute atomic E-state index is 0.304. The van der Waals surface area contributed by atoms with Crippen LogP contribution in [0.25, 0.3) is 0 Å². The molecule has 1 aliphatic rings. The molecular formula is C15H23BrN2O2. The first kappa shape index (κ1) is 15.8. The number of nitrogens with one attached hydrogen (secondary N) is 1. The lowest BCUT2D eigenvalue weighted by atomic mass is 10.1. The molecule has 2 rings (SSSR count). The van der Waals surface area contributed by atoms with Crippen LogP contribution in [0, 0.1) is 0 Å². The van der Waals surface area contributed by atoms with Gasteiger partial charge in [-0.2, -0.15) is 0 Å². The fourth-order valence-corrected chi connectivity index (χ4v) is 2.83. The molecule has 0 aromatic heterocycles. The van der Waals surface area contributed by atoms with E-state index in [2.05, 4.69) is 51.3 Å². The molecule has 1 unspecified atom stereocenters. The van der Waals surface area contributed by atoms with Crippen LogP contribution >= 0.6 is 15.9 Å². The van der Waals surface area contributed by atoms with Crippen molar-refractivity contribution in [1.82, 2.24) is 5.32 Å². The number of hydrogen-bond acceptors (Lipinski definition) is 4. The van der Waals surface area contributed by atoms with E-state index in [4.69, 9.17) is 9.47 Å². The highest BCUT2D eigenvalue weighted by molar-refractivity contribution is 9.10. The Kier molecular flexibility index (Phi) is 6.29. The number of morpholine rings is 1. The van der Waals surface area contributed by atoms with Crippen molar-refractivity contribution < 1.29 is 9.47 Å². The first-order chi connectivity index (χ1) is 9.70. The van der Waals surface area contributed by atoms with Crippen molar-refractivity contribution in [2.24, 2.45) is 0 Å². The summed E-state index contributed by atoms with van der Waals surface area (Å²) in [5, 5.41) is 3.36. The summed E-state index contributed by atoms with van der Waals surface area (Å²) < 4.78 is 11.8. The molecule has 0 bridgehead atoms. The van der Waals surface area contributed by atoms with Crippen LogP contribution in [-0.4, -0.2) is 46.1 Å². The van der Waals surface area contributed by atoms with Gasteiger partial charge in [0.25, 0.3) is 0 Å². The predicted molar refractivity (Wildman–Crippen MR) is 85.4 cm³/mol. The summed E-state index contributed by atoms with van der Waals surface area (Å²) in [5.74, 6) is 0. The quantitative estimate of drug-likeness (QED) is 0.805. The van der Waals surface area contributed by atoms with E-state index < -0.39 is 0 Å². The molecule has 1 aliphatic heterocycles. The topological polar surface area (TPSA) is 33.7 Å². The predicted octanol–water partition coefficient (Wildman–Crippen LogP) is 2.41. The molecule has 0 saturated carbocycles. The average molecular weight is 343 g/mol. The van der Waals surface area contributed by atoms with Crippen molar-refractivity contribution in [3.05, 3.63) is 28.2 Å². The molecule has 1 atom stereocenters. The van der Waals surface area contributed by atoms with Gasteiger partial charge in [0.15, 0.2) is 0 Å². The molecule has 0 aliphatic carbocycles. The number of halogens is 1. The van der Waals surface area contributed by atoms with E-state index in [0.717, 1.165) is 43.9 Å². The summed E-state index contributed by atoms with van der Waals surface area (Å²) in [7, 11) is 1.72. The van der Waals surface area contributed by atoms with E-state index in [1.54, 1.807) is 7.11 Å². The molecule has 1 fully saturated rings. The Hall–Kier alpha value is -0.620. The SMILES string of the molecule is COCCNCc1ccc(N2CCOC(C)C2)cc1Br. The van der Waals surface area contributed by atoms with Gasteiger partial charge in [-0.3, -0.25) is 0 Å². The zero-order valence-corrected chi connectivity index (χ0v) is 13.8. The maximum atomic E-state index is 5.58. The summed E-state index contributed by atoms with van der Waals surface area (Å²) in [5.41, 5.74) is 2.53. The van der Waals surface area contributed by atoms with E-state index in [9.17, 15) is 0 Å². The Labute approximate surface area is 129 Å². The zero-order valence-electron chi connectivity index (χ0n) is 12.2. The van der Waals surface area contributed by atoms with Gasteiger partial charge in [0.1, 0.15) is 0 Å². The van der Waals surface area contributed by atoms with Crippen LogP contribution in [0.5, 0.6) is 0 Å². The first-order valence-corrected chi connectivity index (χ1v) is 7.84. The maximum Gasteiger partial charge on any atom is 0.0722 e. The van der Waals surface area contributed by atoms with Crippen molar-refractivity contribution >= 4 is 21.6 Å². The van der Waals surface area contributed by atoms with E-state index in [1.807, 2.05) is 0 Å². The largest absolute Gasteiger partial charge is 0.383 e. The Balaban J connectivity index is 1.94. The lowest BCUT2D eigenvalue weighted by molar-refractivity contribution is 0.0532. The first-order valence-electron chi connectivity index (χ1n) is 7.05. The Morgan fingerprint density at radius 1 is 1.50 bits per heavy atom. The summed E-state index contributed by atoms with van der Waals surface area (Å²) in [6, 6.07) is 6.57. The van der Waals surface area contributed by atoms with Gasteiger partial charge in [-0.1, -0.05) is 22.0 Å². The molecule has 112 valence electrons. The second-order valence-electron chi connectivity index (χ2n) is 5.07. The normalized spacial score (nSPS) is 19.4. The number of benzene rings is 1. The molecule has 0 amide bonds. The number of rotatable bonds is 6. The van der Waals surface area contributed by atoms with E-state index in [-0.39, 0.29) is 0 Å². The lowest BCUT2D eigenvalue weighted by Gasteiger charge is -2.33. The molecule has 4 nitrogen and oxygen atoms in total. The van der Waals surface area contributed by atoms with E-state index >= 15 is 0 Å². The van der Waals surface area contributed by atoms with Crippen LogP contribution in [-0.2, 0) is 16.0 Å². The second-order valence-corrected chi connectivity index (χ2v) is 5.93. The van der Waals surface area contributed by atoms with Crippen LogP contribution in [0.15, 0.2) is 22.7 Å². The number of nitrogens with zero attached hydrogens (tertiary/aromatic N) is 1. The van der Waals surface area contributed by atoms with Crippen LogP contribution in [0.3, 0.4) is 0 Å². The highest BCUT2D eigenvalue weighted by Gasteiger charge is 2.17. The molecule has 1 saturated heterocycles. The van der Waals surface area contributed by atoms with Gasteiger partial charge in [-0.15, -0.1) is 0 Å². The number of methoxy groups -OCH3 is 1. The molecular weight excluding hydrogens is 320 g/mol. The molecule has 1 N–H and O–H groups in total. The molecule has 1 heterocycles. The third-order valence-electron chi connectivity index (χ3n) is 3.44. The van der Waals surface area contributed by atoms with Crippen LogP contribution in [0.1, 0.15) is 12.5 Å². The van der Waals surface area contributed by atoms with Gasteiger partial charge in [-0.05, 0) is 24.6 Å². The smallest absolute Gasteiger partial charge is 0.0722 e. The number of ether oxygens (including phenoxy) is 2.